The van der Waals surface area contributed by atoms with Gasteiger partial charge in [-0.25, -0.2) is 0 Å². The lowest BCUT2D eigenvalue weighted by molar-refractivity contribution is -0.155. The zero-order valence-electron chi connectivity index (χ0n) is 27.1. The number of amides is 2. The summed E-state index contributed by atoms with van der Waals surface area (Å²) in [4.78, 5) is 57.2. The molecule has 2 aromatic carbocycles. The third-order valence-electron chi connectivity index (χ3n) is 8.50. The minimum absolute atomic E-state index is 0.0156. The summed E-state index contributed by atoms with van der Waals surface area (Å²) in [5.74, 6) is -1.12. The standard InChI is InChI=1S/C36H33N7O5S3/c37-35-40-30(42-51-35)27(41-48-26-15-7-8-16-26)31(44)39-28-32(45)43-21-36(22-49-33(28)43,50-19-17-23-10-9-18-38-20-23)34(46)47-29(24-11-3-1-4-12-24)25-13-5-2-6-14-25/h1-7,9-15,17-20,26,28-29,33H,8,16,21-22H2,(H,39,44)(H2,37,40,42)/t26?,28?,33-,36?/m1/s1. The van der Waals surface area contributed by atoms with Gasteiger partial charge in [0.05, 0.1) is 0 Å². The molecule has 3 unspecified atom stereocenters. The van der Waals surface area contributed by atoms with Gasteiger partial charge in [0.1, 0.15) is 22.3 Å². The van der Waals surface area contributed by atoms with E-state index in [1.807, 2.05) is 96.4 Å². The van der Waals surface area contributed by atoms with Crippen molar-refractivity contribution in [2.24, 2.45) is 5.16 Å². The summed E-state index contributed by atoms with van der Waals surface area (Å²) in [6.45, 7) is 0.0787. The number of hydrogen-bond donors (Lipinski definition) is 2. The largest absolute Gasteiger partial charge is 0.451 e. The molecule has 51 heavy (non-hydrogen) atoms. The molecule has 4 heterocycles. The van der Waals surface area contributed by atoms with Gasteiger partial charge in [-0.15, -0.1) is 23.5 Å². The van der Waals surface area contributed by atoms with E-state index in [0.29, 0.717) is 5.75 Å². The molecule has 0 saturated carbocycles. The minimum atomic E-state index is -1.15. The number of anilines is 1. The third kappa shape index (κ3) is 7.70. The molecule has 1 aliphatic carbocycles. The monoisotopic (exact) mass is 739 g/mol. The Morgan fingerprint density at radius 2 is 1.86 bits per heavy atom. The maximum absolute atomic E-state index is 14.4. The number of nitrogens with two attached hydrogens (primary N) is 1. The number of rotatable bonds is 12. The quantitative estimate of drug-likeness (QED) is 0.0673. The number of ether oxygens (including phenoxy) is 1. The van der Waals surface area contributed by atoms with Crippen LogP contribution in [-0.4, -0.2) is 77.3 Å². The Kier molecular flexibility index (Phi) is 10.5. The number of carbonyl (C=O) groups excluding carboxylic acids is 3. The molecule has 2 aliphatic heterocycles. The molecule has 15 heteroatoms. The highest BCUT2D eigenvalue weighted by molar-refractivity contribution is 8.06. The topological polar surface area (TPSA) is 162 Å². The van der Waals surface area contributed by atoms with Crippen LogP contribution in [0.4, 0.5) is 5.13 Å². The number of nitrogens with zero attached hydrogens (tertiary/aromatic N) is 5. The van der Waals surface area contributed by atoms with Crippen LogP contribution in [0.5, 0.6) is 0 Å². The fourth-order valence-electron chi connectivity index (χ4n) is 5.85. The lowest BCUT2D eigenvalue weighted by atomic mass is 10.00. The number of allylic oxidation sites excluding steroid dienone is 1. The van der Waals surface area contributed by atoms with Crippen molar-refractivity contribution in [1.29, 1.82) is 0 Å². The van der Waals surface area contributed by atoms with E-state index in [1.54, 1.807) is 17.3 Å². The molecule has 260 valence electrons. The predicted octanol–water partition coefficient (Wildman–Crippen LogP) is 4.83. The van der Waals surface area contributed by atoms with Gasteiger partial charge >= 0.3 is 5.97 Å². The first-order chi connectivity index (χ1) is 24.9. The maximum Gasteiger partial charge on any atom is 0.326 e. The van der Waals surface area contributed by atoms with Crippen LogP contribution >= 0.6 is 35.1 Å². The Morgan fingerprint density at radius 3 is 2.51 bits per heavy atom. The molecule has 4 atom stereocenters. The van der Waals surface area contributed by atoms with E-state index in [4.69, 9.17) is 15.3 Å². The first-order valence-corrected chi connectivity index (χ1v) is 18.9. The molecule has 2 amide bonds. The third-order valence-corrected chi connectivity index (χ3v) is 11.9. The van der Waals surface area contributed by atoms with Crippen LogP contribution in [-0.2, 0) is 24.0 Å². The van der Waals surface area contributed by atoms with Crippen molar-refractivity contribution in [2.45, 2.75) is 41.2 Å². The molecular weight excluding hydrogens is 707 g/mol. The number of nitrogen functional groups attached to an aromatic ring is 1. The molecular formula is C36H33N7O5S3. The van der Waals surface area contributed by atoms with Crippen molar-refractivity contribution in [3.8, 4) is 0 Å². The van der Waals surface area contributed by atoms with E-state index >= 15 is 0 Å². The number of β-lactam (4-membered cyclic amide) rings is 1. The van der Waals surface area contributed by atoms with E-state index in [2.05, 4.69) is 24.8 Å². The second-order valence-corrected chi connectivity index (χ2v) is 15.2. The number of aromatic nitrogens is 3. The predicted molar refractivity (Wildman–Crippen MR) is 198 cm³/mol. The zero-order chi connectivity index (χ0) is 35.2. The zero-order valence-corrected chi connectivity index (χ0v) is 29.6. The fraction of sp³-hybridized carbons (Fsp3) is 0.250. The number of thioether (sulfide) groups is 2. The SMILES string of the molecule is Nc1nc(C(=NOC2C=CCC2)C(=O)NC2C(=O)N3CC(SC=Cc4cccnc4)(C(=O)OC(c4ccccc4)c4ccccc4)CS[C@H]23)ns1. The molecule has 0 spiro atoms. The Labute approximate surface area is 306 Å². The van der Waals surface area contributed by atoms with Gasteiger partial charge in [-0.05, 0) is 53.2 Å². The van der Waals surface area contributed by atoms with Gasteiger partial charge in [0.15, 0.2) is 11.2 Å². The number of oxime groups is 1. The summed E-state index contributed by atoms with van der Waals surface area (Å²) in [6, 6.07) is 22.0. The lowest BCUT2D eigenvalue weighted by Crippen LogP contribution is -2.75. The van der Waals surface area contributed by atoms with E-state index in [9.17, 15) is 14.4 Å². The van der Waals surface area contributed by atoms with Crippen molar-refractivity contribution < 1.29 is 24.0 Å². The Balaban J connectivity index is 1.11. The van der Waals surface area contributed by atoms with E-state index in [-0.39, 0.29) is 35.2 Å². The number of benzene rings is 2. The summed E-state index contributed by atoms with van der Waals surface area (Å²) < 4.78 is 9.36. The summed E-state index contributed by atoms with van der Waals surface area (Å²) >= 11 is 3.64. The summed E-state index contributed by atoms with van der Waals surface area (Å²) in [6.07, 6.45) is 9.79. The highest BCUT2D eigenvalue weighted by Crippen LogP contribution is 2.46. The van der Waals surface area contributed by atoms with Gasteiger partial charge in [-0.3, -0.25) is 19.4 Å². The Hall–Kier alpha value is -4.99. The number of pyridine rings is 1. The molecule has 3 aliphatic rings. The van der Waals surface area contributed by atoms with Crippen molar-refractivity contribution in [3.63, 3.8) is 0 Å². The van der Waals surface area contributed by atoms with E-state index in [1.165, 1.54) is 23.5 Å². The van der Waals surface area contributed by atoms with Gasteiger partial charge in [0, 0.05) is 36.2 Å². The first-order valence-electron chi connectivity index (χ1n) is 16.2. The Bertz CT molecular complexity index is 1920. The van der Waals surface area contributed by atoms with Gasteiger partial charge < -0.3 is 25.5 Å². The molecule has 7 rings (SSSR count). The van der Waals surface area contributed by atoms with Crippen LogP contribution < -0.4 is 11.1 Å². The Morgan fingerprint density at radius 1 is 1.10 bits per heavy atom. The normalized spacial score (nSPS) is 22.8. The number of esters is 1. The molecule has 0 radical (unpaired) electrons. The van der Waals surface area contributed by atoms with Crippen LogP contribution in [0.2, 0.25) is 0 Å². The first kappa shape index (κ1) is 34.5. The van der Waals surface area contributed by atoms with Gasteiger partial charge in [0.2, 0.25) is 17.4 Å². The highest BCUT2D eigenvalue weighted by Gasteiger charge is 2.58. The number of carbonyl (C=O) groups is 3. The van der Waals surface area contributed by atoms with Gasteiger partial charge in [-0.2, -0.15) is 9.36 Å². The molecule has 2 saturated heterocycles. The van der Waals surface area contributed by atoms with Crippen molar-refractivity contribution in [1.82, 2.24) is 24.6 Å². The molecule has 3 N–H and O–H groups in total. The minimum Gasteiger partial charge on any atom is -0.451 e. The second kappa shape index (κ2) is 15.5. The van der Waals surface area contributed by atoms with Crippen LogP contribution in [0.25, 0.3) is 6.08 Å². The van der Waals surface area contributed by atoms with E-state index in [0.717, 1.165) is 41.1 Å². The maximum atomic E-state index is 14.4. The summed E-state index contributed by atoms with van der Waals surface area (Å²) in [5.41, 5.74) is 8.14. The summed E-state index contributed by atoms with van der Waals surface area (Å²) in [5, 5.41) is 8.48. The average Bonchev–Trinajstić information content (AvgIpc) is 3.86. The lowest BCUT2D eigenvalue weighted by Gasteiger charge is -2.53. The number of hydrogen-bond acceptors (Lipinski definition) is 13. The molecule has 2 aromatic heterocycles. The van der Waals surface area contributed by atoms with Crippen LogP contribution in [0, 0.1) is 0 Å². The smallest absolute Gasteiger partial charge is 0.326 e. The highest BCUT2D eigenvalue weighted by atomic mass is 32.2. The second-order valence-electron chi connectivity index (χ2n) is 12.0. The van der Waals surface area contributed by atoms with Crippen LogP contribution in [0.15, 0.2) is 108 Å². The van der Waals surface area contributed by atoms with Crippen LogP contribution in [0.1, 0.15) is 41.5 Å². The van der Waals surface area contributed by atoms with Crippen LogP contribution in [0.3, 0.4) is 0 Å². The number of nitrogens with one attached hydrogen (secondary N) is 1. The fourth-order valence-corrected chi connectivity index (χ4v) is 8.99. The van der Waals surface area contributed by atoms with Crippen molar-refractivity contribution >= 4 is 69.8 Å². The average molecular weight is 740 g/mol. The molecule has 2 fully saturated rings. The van der Waals surface area contributed by atoms with Gasteiger partial charge in [-0.1, -0.05) is 78.0 Å². The van der Waals surface area contributed by atoms with Gasteiger partial charge in [0.25, 0.3) is 5.91 Å². The summed E-state index contributed by atoms with van der Waals surface area (Å²) in [7, 11) is 0. The molecule has 0 bridgehead atoms. The number of fused-ring (bicyclic) bond motifs is 1. The molecule has 12 nitrogen and oxygen atoms in total. The van der Waals surface area contributed by atoms with Crippen molar-refractivity contribution in [2.75, 3.05) is 18.0 Å². The molecule has 4 aromatic rings. The van der Waals surface area contributed by atoms with E-state index < -0.39 is 34.1 Å². The van der Waals surface area contributed by atoms with Crippen molar-refractivity contribution in [3.05, 3.63) is 125 Å².